The zero-order valence-electron chi connectivity index (χ0n) is 13.2. The predicted octanol–water partition coefficient (Wildman–Crippen LogP) is 2.50. The molecule has 3 heteroatoms. The molecule has 2 rings (SSSR count). The van der Waals surface area contributed by atoms with Crippen molar-refractivity contribution in [1.29, 1.82) is 0 Å². The van der Waals surface area contributed by atoms with Crippen LogP contribution in [0.25, 0.3) is 0 Å². The maximum atomic E-state index is 6.01. The second-order valence-corrected chi connectivity index (χ2v) is 6.22. The zero-order valence-corrected chi connectivity index (χ0v) is 13.2. The van der Waals surface area contributed by atoms with Crippen molar-refractivity contribution in [2.75, 3.05) is 32.1 Å². The largest absolute Gasteiger partial charge is 0.371 e. The monoisotopic (exact) mass is 275 g/mol. The van der Waals surface area contributed by atoms with Crippen LogP contribution in [-0.4, -0.2) is 44.2 Å². The second kappa shape index (κ2) is 7.09. The molecular formula is C17H29N3. The molecule has 0 bridgehead atoms. The Kier molecular flexibility index (Phi) is 5.44. The van der Waals surface area contributed by atoms with Gasteiger partial charge in [0.2, 0.25) is 0 Å². The van der Waals surface area contributed by atoms with Crippen LogP contribution in [0.1, 0.15) is 31.7 Å². The summed E-state index contributed by atoms with van der Waals surface area (Å²) in [4.78, 5) is 4.86. The molecule has 20 heavy (non-hydrogen) atoms. The van der Waals surface area contributed by atoms with E-state index in [1.165, 1.54) is 24.1 Å². The molecule has 0 spiro atoms. The van der Waals surface area contributed by atoms with E-state index in [0.717, 1.165) is 32.0 Å². The summed E-state index contributed by atoms with van der Waals surface area (Å²) in [6, 6.07) is 10.0. The van der Waals surface area contributed by atoms with Crippen LogP contribution in [0.3, 0.4) is 0 Å². The number of nitrogens with two attached hydrogens (primary N) is 1. The molecule has 0 saturated carbocycles. The van der Waals surface area contributed by atoms with Crippen molar-refractivity contribution < 1.29 is 0 Å². The minimum Gasteiger partial charge on any atom is -0.371 e. The minimum atomic E-state index is 0.289. The molecule has 3 nitrogen and oxygen atoms in total. The Morgan fingerprint density at radius 2 is 1.80 bits per heavy atom. The lowest BCUT2D eigenvalue weighted by molar-refractivity contribution is 0.249. The van der Waals surface area contributed by atoms with Crippen LogP contribution in [0, 0.1) is 0 Å². The van der Waals surface area contributed by atoms with Crippen molar-refractivity contribution in [2.24, 2.45) is 5.73 Å². The van der Waals surface area contributed by atoms with Gasteiger partial charge in [-0.3, -0.25) is 0 Å². The maximum Gasteiger partial charge on any atom is 0.0366 e. The van der Waals surface area contributed by atoms with Crippen LogP contribution in [0.5, 0.6) is 0 Å². The summed E-state index contributed by atoms with van der Waals surface area (Å²) in [5.74, 6) is 0. The van der Waals surface area contributed by atoms with E-state index in [0.29, 0.717) is 0 Å². The Morgan fingerprint density at radius 3 is 2.30 bits per heavy atom. The summed E-state index contributed by atoms with van der Waals surface area (Å²) >= 11 is 0. The average Bonchev–Trinajstić information content (AvgIpc) is 2.48. The van der Waals surface area contributed by atoms with Crippen LogP contribution in [0.4, 0.5) is 5.69 Å². The van der Waals surface area contributed by atoms with Crippen LogP contribution < -0.4 is 10.6 Å². The molecule has 2 N–H and O–H groups in total. The number of hydrogen-bond acceptors (Lipinski definition) is 3. The van der Waals surface area contributed by atoms with Crippen LogP contribution in [-0.2, 0) is 6.42 Å². The Hall–Kier alpha value is -1.06. The summed E-state index contributed by atoms with van der Waals surface area (Å²) in [5.41, 5.74) is 8.72. The Morgan fingerprint density at radius 1 is 1.20 bits per heavy atom. The second-order valence-electron chi connectivity index (χ2n) is 6.22. The molecule has 0 amide bonds. The topological polar surface area (TPSA) is 32.5 Å². The zero-order chi connectivity index (χ0) is 14.5. The Balaban J connectivity index is 1.91. The van der Waals surface area contributed by atoms with Gasteiger partial charge in [0.1, 0.15) is 0 Å². The lowest BCUT2D eigenvalue weighted by Gasteiger charge is -2.36. The third-order valence-electron chi connectivity index (χ3n) is 4.52. The molecule has 0 aliphatic carbocycles. The highest BCUT2D eigenvalue weighted by atomic mass is 15.2. The van der Waals surface area contributed by atoms with Crippen molar-refractivity contribution in [3.63, 3.8) is 0 Å². The molecular weight excluding hydrogens is 246 g/mol. The number of anilines is 1. The number of piperidine rings is 1. The first-order chi connectivity index (χ1) is 9.60. The summed E-state index contributed by atoms with van der Waals surface area (Å²) in [6.07, 6.45) is 4.55. The molecule has 1 aliphatic rings. The fourth-order valence-electron chi connectivity index (χ4n) is 2.93. The van der Waals surface area contributed by atoms with Crippen LogP contribution >= 0.6 is 0 Å². The highest BCUT2D eigenvalue weighted by molar-refractivity contribution is 5.48. The fraction of sp³-hybridized carbons (Fsp3) is 0.647. The summed E-state index contributed by atoms with van der Waals surface area (Å²) in [6.45, 7) is 4.47. The van der Waals surface area contributed by atoms with Gasteiger partial charge >= 0.3 is 0 Å². The normalized spacial score (nSPS) is 18.6. The SMILES string of the molecule is CCC(N)Cc1ccc(N2CCC(N(C)C)CC2)cc1. The van der Waals surface area contributed by atoms with Crippen LogP contribution in [0.15, 0.2) is 24.3 Å². The van der Waals surface area contributed by atoms with Gasteiger partial charge in [-0.2, -0.15) is 0 Å². The highest BCUT2D eigenvalue weighted by Gasteiger charge is 2.20. The van der Waals surface area contributed by atoms with Gasteiger partial charge in [-0.15, -0.1) is 0 Å². The molecule has 0 aromatic heterocycles. The van der Waals surface area contributed by atoms with Gasteiger partial charge in [-0.25, -0.2) is 0 Å². The third kappa shape index (κ3) is 3.97. The van der Waals surface area contributed by atoms with Gasteiger partial charge in [0.05, 0.1) is 0 Å². The average molecular weight is 275 g/mol. The first-order valence-corrected chi connectivity index (χ1v) is 7.86. The first-order valence-electron chi connectivity index (χ1n) is 7.86. The number of nitrogens with zero attached hydrogens (tertiary/aromatic N) is 2. The standard InChI is InChI=1S/C17H29N3/c1-4-15(18)13-14-5-7-17(8-6-14)20-11-9-16(10-12-20)19(2)3/h5-8,15-16H,4,9-13,18H2,1-3H3. The maximum absolute atomic E-state index is 6.01. The van der Waals surface area contributed by atoms with E-state index in [9.17, 15) is 0 Å². The predicted molar refractivity (Wildman–Crippen MR) is 87.3 cm³/mol. The molecule has 0 radical (unpaired) electrons. The Bertz CT molecular complexity index is 391. The van der Waals surface area contributed by atoms with Gasteiger partial charge in [0, 0.05) is 30.9 Å². The van der Waals surface area contributed by atoms with E-state index in [1.807, 2.05) is 0 Å². The van der Waals surface area contributed by atoms with Gasteiger partial charge in [0.25, 0.3) is 0 Å². The van der Waals surface area contributed by atoms with E-state index in [2.05, 4.69) is 55.1 Å². The molecule has 1 heterocycles. The molecule has 1 atom stereocenters. The molecule has 1 saturated heterocycles. The quantitative estimate of drug-likeness (QED) is 0.896. The molecule has 112 valence electrons. The fourth-order valence-corrected chi connectivity index (χ4v) is 2.93. The summed E-state index contributed by atoms with van der Waals surface area (Å²) in [7, 11) is 4.37. The number of rotatable bonds is 5. The minimum absolute atomic E-state index is 0.289. The highest BCUT2D eigenvalue weighted by Crippen LogP contribution is 2.22. The molecule has 1 aromatic rings. The molecule has 1 aliphatic heterocycles. The summed E-state index contributed by atoms with van der Waals surface area (Å²) in [5, 5.41) is 0. The van der Waals surface area contributed by atoms with Crippen molar-refractivity contribution in [3.05, 3.63) is 29.8 Å². The van der Waals surface area contributed by atoms with Gasteiger partial charge in [0.15, 0.2) is 0 Å². The molecule has 1 unspecified atom stereocenters. The van der Waals surface area contributed by atoms with Gasteiger partial charge in [-0.1, -0.05) is 19.1 Å². The number of benzene rings is 1. The van der Waals surface area contributed by atoms with Crippen molar-refractivity contribution in [3.8, 4) is 0 Å². The van der Waals surface area contributed by atoms with Crippen LogP contribution in [0.2, 0.25) is 0 Å². The Labute approximate surface area is 123 Å². The lowest BCUT2D eigenvalue weighted by atomic mass is 10.0. The molecule has 1 fully saturated rings. The third-order valence-corrected chi connectivity index (χ3v) is 4.52. The first kappa shape index (κ1) is 15.3. The van der Waals surface area contributed by atoms with Crippen molar-refractivity contribution in [1.82, 2.24) is 4.90 Å². The van der Waals surface area contributed by atoms with Gasteiger partial charge < -0.3 is 15.5 Å². The van der Waals surface area contributed by atoms with E-state index in [-0.39, 0.29) is 6.04 Å². The summed E-state index contributed by atoms with van der Waals surface area (Å²) < 4.78 is 0. The van der Waals surface area contributed by atoms with Crippen molar-refractivity contribution in [2.45, 2.75) is 44.7 Å². The van der Waals surface area contributed by atoms with Gasteiger partial charge in [-0.05, 0) is 57.5 Å². The van der Waals surface area contributed by atoms with E-state index < -0.39 is 0 Å². The van der Waals surface area contributed by atoms with E-state index in [4.69, 9.17) is 5.73 Å². The smallest absolute Gasteiger partial charge is 0.0366 e. The lowest BCUT2D eigenvalue weighted by Crippen LogP contribution is -2.41. The van der Waals surface area contributed by atoms with E-state index >= 15 is 0 Å². The molecule has 1 aromatic carbocycles. The number of hydrogen-bond donors (Lipinski definition) is 1. The van der Waals surface area contributed by atoms with E-state index in [1.54, 1.807) is 0 Å². The van der Waals surface area contributed by atoms with Crippen molar-refractivity contribution >= 4 is 5.69 Å².